The Morgan fingerprint density at radius 1 is 0.939 bits per heavy atom. The number of fused-ring (bicyclic) bond motifs is 1. The van der Waals surface area contributed by atoms with Crippen LogP contribution in [0.4, 0.5) is 0 Å². The van der Waals surface area contributed by atoms with Gasteiger partial charge in [0.1, 0.15) is 5.75 Å². The summed E-state index contributed by atoms with van der Waals surface area (Å²) in [5.74, 6) is 0.781. The fourth-order valence-corrected chi connectivity index (χ4v) is 4.38. The van der Waals surface area contributed by atoms with Crippen molar-refractivity contribution >= 4 is 16.8 Å². The number of carbonyl (C=O) groups is 1. The van der Waals surface area contributed by atoms with Crippen LogP contribution in [0, 0.1) is 0 Å². The van der Waals surface area contributed by atoms with Crippen LogP contribution in [0.15, 0.2) is 78.9 Å². The first-order chi connectivity index (χ1) is 16.2. The molecule has 1 aliphatic carbocycles. The van der Waals surface area contributed by atoms with Crippen molar-refractivity contribution in [2.24, 2.45) is 0 Å². The summed E-state index contributed by atoms with van der Waals surface area (Å²) < 4.78 is 8.16. The molecule has 0 atom stereocenters. The molecule has 0 spiro atoms. The minimum atomic E-state index is -0.256. The first-order valence-corrected chi connectivity index (χ1v) is 11.4. The lowest BCUT2D eigenvalue weighted by Gasteiger charge is -2.26. The van der Waals surface area contributed by atoms with Crippen molar-refractivity contribution in [1.82, 2.24) is 15.1 Å². The van der Waals surface area contributed by atoms with Gasteiger partial charge < -0.3 is 15.2 Å². The summed E-state index contributed by atoms with van der Waals surface area (Å²) in [4.78, 5) is 13.0. The van der Waals surface area contributed by atoms with Gasteiger partial charge in [0, 0.05) is 6.04 Å². The minimum absolute atomic E-state index is 0.0693. The zero-order valence-corrected chi connectivity index (χ0v) is 18.4. The Morgan fingerprint density at radius 3 is 2.45 bits per heavy atom. The zero-order chi connectivity index (χ0) is 22.6. The average molecular weight is 442 g/mol. The van der Waals surface area contributed by atoms with Crippen LogP contribution in [0.25, 0.3) is 10.9 Å². The summed E-state index contributed by atoms with van der Waals surface area (Å²) in [5, 5.41) is 18.5. The van der Waals surface area contributed by atoms with Crippen LogP contribution in [0.5, 0.6) is 11.6 Å². The first-order valence-electron chi connectivity index (χ1n) is 11.4. The summed E-state index contributed by atoms with van der Waals surface area (Å²) in [6.07, 6.45) is 2.74. The number of hydrogen-bond acceptors (Lipinski definition) is 4. The Kier molecular flexibility index (Phi) is 6.09. The van der Waals surface area contributed by atoms with E-state index in [9.17, 15) is 9.90 Å². The number of aliphatic hydroxyl groups excluding tert-OH is 1. The summed E-state index contributed by atoms with van der Waals surface area (Å²) in [6.45, 7) is 0.625. The zero-order valence-electron chi connectivity index (χ0n) is 18.4. The molecule has 0 bridgehead atoms. The van der Waals surface area contributed by atoms with Crippen molar-refractivity contribution in [3.63, 3.8) is 0 Å². The molecule has 168 valence electrons. The lowest BCUT2D eigenvalue weighted by molar-refractivity contribution is 0.0865. The van der Waals surface area contributed by atoms with Crippen molar-refractivity contribution in [2.75, 3.05) is 0 Å². The van der Waals surface area contributed by atoms with E-state index in [2.05, 4.69) is 17.4 Å². The number of aromatic nitrogens is 2. The molecule has 4 aromatic rings. The third-order valence-corrected chi connectivity index (χ3v) is 6.17. The quantitative estimate of drug-likeness (QED) is 0.446. The predicted molar refractivity (Wildman–Crippen MR) is 128 cm³/mol. The van der Waals surface area contributed by atoms with E-state index in [0.29, 0.717) is 36.6 Å². The van der Waals surface area contributed by atoms with Crippen molar-refractivity contribution in [2.45, 2.75) is 44.4 Å². The van der Waals surface area contributed by atoms with E-state index in [4.69, 9.17) is 9.84 Å². The number of carbonyl (C=O) groups excluding carboxylic acids is 1. The normalized spacial score (nSPS) is 18.2. The van der Waals surface area contributed by atoms with Crippen molar-refractivity contribution in [3.05, 3.63) is 90.0 Å². The Bertz CT molecular complexity index is 1240. The molecule has 5 rings (SSSR count). The highest BCUT2D eigenvalue weighted by atomic mass is 16.5. The number of para-hydroxylation sites is 2. The molecule has 2 N–H and O–H groups in total. The lowest BCUT2D eigenvalue weighted by Crippen LogP contribution is -2.38. The summed E-state index contributed by atoms with van der Waals surface area (Å²) in [7, 11) is 0. The molecule has 0 unspecified atom stereocenters. The molecule has 1 aromatic heterocycles. The maximum Gasteiger partial charge on any atom is 0.255 e. The van der Waals surface area contributed by atoms with Crippen LogP contribution in [-0.2, 0) is 6.54 Å². The SMILES string of the molecule is O=C(NC1CCC(O)CC1)c1ccccc1Oc1nn(Cc2ccccc2)c2ccccc12. The fraction of sp³-hybridized carbons (Fsp3) is 0.259. The standard InChI is InChI=1S/C27H27N3O3/c31-21-16-14-20(15-17-21)28-26(32)23-11-5-7-13-25(23)33-27-22-10-4-6-12-24(22)30(29-27)18-19-8-2-1-3-9-19/h1-13,20-21,31H,14-18H2,(H,28,32). The summed E-state index contributed by atoms with van der Waals surface area (Å²) in [5.41, 5.74) is 2.60. The van der Waals surface area contributed by atoms with Gasteiger partial charge >= 0.3 is 0 Å². The molecule has 1 fully saturated rings. The number of nitrogens with one attached hydrogen (secondary N) is 1. The van der Waals surface area contributed by atoms with Gasteiger partial charge in [-0.3, -0.25) is 9.48 Å². The molecule has 3 aromatic carbocycles. The number of aliphatic hydroxyl groups is 1. The Labute approximate surface area is 192 Å². The Balaban J connectivity index is 1.41. The Morgan fingerprint density at radius 2 is 1.64 bits per heavy atom. The highest BCUT2D eigenvalue weighted by Crippen LogP contribution is 2.31. The second-order valence-corrected chi connectivity index (χ2v) is 8.54. The van der Waals surface area contributed by atoms with Gasteiger partial charge in [-0.05, 0) is 55.5 Å². The van der Waals surface area contributed by atoms with Gasteiger partial charge in [-0.15, -0.1) is 5.10 Å². The van der Waals surface area contributed by atoms with Crippen molar-refractivity contribution in [3.8, 4) is 11.6 Å². The maximum atomic E-state index is 13.0. The van der Waals surface area contributed by atoms with E-state index in [1.165, 1.54) is 0 Å². The third-order valence-electron chi connectivity index (χ3n) is 6.17. The number of amides is 1. The molecule has 1 heterocycles. The van der Waals surface area contributed by atoms with Crippen LogP contribution < -0.4 is 10.1 Å². The van der Waals surface area contributed by atoms with Gasteiger partial charge in [0.25, 0.3) is 5.91 Å². The summed E-state index contributed by atoms with van der Waals surface area (Å²) >= 11 is 0. The molecule has 1 amide bonds. The number of benzene rings is 3. The van der Waals surface area contributed by atoms with Gasteiger partial charge in [-0.2, -0.15) is 0 Å². The minimum Gasteiger partial charge on any atom is -0.436 e. The fourth-order valence-electron chi connectivity index (χ4n) is 4.38. The molecule has 6 heteroatoms. The van der Waals surface area contributed by atoms with E-state index < -0.39 is 0 Å². The van der Waals surface area contributed by atoms with Crippen molar-refractivity contribution in [1.29, 1.82) is 0 Å². The summed E-state index contributed by atoms with van der Waals surface area (Å²) in [6, 6.07) is 25.4. The van der Waals surface area contributed by atoms with E-state index in [1.54, 1.807) is 12.1 Å². The highest BCUT2D eigenvalue weighted by molar-refractivity contribution is 5.97. The Hall–Kier alpha value is -3.64. The maximum absolute atomic E-state index is 13.0. The second kappa shape index (κ2) is 9.46. The smallest absolute Gasteiger partial charge is 0.255 e. The van der Waals surface area contributed by atoms with Crippen LogP contribution >= 0.6 is 0 Å². The van der Waals surface area contributed by atoms with Gasteiger partial charge in [-0.1, -0.05) is 54.6 Å². The molecular weight excluding hydrogens is 414 g/mol. The van der Waals surface area contributed by atoms with Crippen LogP contribution in [0.2, 0.25) is 0 Å². The number of rotatable bonds is 6. The van der Waals surface area contributed by atoms with Crippen LogP contribution in [0.3, 0.4) is 0 Å². The number of ether oxygens (including phenoxy) is 1. The van der Waals surface area contributed by atoms with E-state index in [-0.39, 0.29) is 18.1 Å². The van der Waals surface area contributed by atoms with Crippen LogP contribution in [0.1, 0.15) is 41.6 Å². The van der Waals surface area contributed by atoms with Gasteiger partial charge in [0.05, 0.1) is 29.1 Å². The topological polar surface area (TPSA) is 76.4 Å². The monoisotopic (exact) mass is 441 g/mol. The lowest BCUT2D eigenvalue weighted by atomic mass is 9.93. The van der Waals surface area contributed by atoms with Gasteiger partial charge in [0.15, 0.2) is 0 Å². The van der Waals surface area contributed by atoms with Gasteiger partial charge in [-0.25, -0.2) is 0 Å². The number of nitrogens with zero attached hydrogens (tertiary/aromatic N) is 2. The average Bonchev–Trinajstić information content (AvgIpc) is 3.18. The third kappa shape index (κ3) is 4.76. The first kappa shape index (κ1) is 21.2. The molecule has 6 nitrogen and oxygen atoms in total. The van der Waals surface area contributed by atoms with Crippen molar-refractivity contribution < 1.29 is 14.6 Å². The van der Waals surface area contributed by atoms with Gasteiger partial charge in [0.2, 0.25) is 5.88 Å². The molecular formula is C27H27N3O3. The molecule has 0 saturated heterocycles. The largest absolute Gasteiger partial charge is 0.436 e. The number of hydrogen-bond donors (Lipinski definition) is 2. The molecule has 33 heavy (non-hydrogen) atoms. The van der Waals surface area contributed by atoms with E-state index in [1.807, 2.05) is 59.3 Å². The molecule has 0 radical (unpaired) electrons. The molecule has 1 saturated carbocycles. The molecule has 0 aliphatic heterocycles. The predicted octanol–water partition coefficient (Wildman–Crippen LogP) is 4.91. The molecule has 1 aliphatic rings. The van der Waals surface area contributed by atoms with E-state index >= 15 is 0 Å². The second-order valence-electron chi connectivity index (χ2n) is 8.54. The van der Waals surface area contributed by atoms with Crippen LogP contribution in [-0.4, -0.2) is 32.9 Å². The highest BCUT2D eigenvalue weighted by Gasteiger charge is 2.23. The van der Waals surface area contributed by atoms with E-state index in [0.717, 1.165) is 29.3 Å².